The lowest BCUT2D eigenvalue weighted by atomic mass is 11.6. The smallest absolute Gasteiger partial charge is 0.491 e. The average Bonchev–Trinajstić information content (AvgIpc) is 1.35. The first kappa shape index (κ1) is 5.95. The quantitative estimate of drug-likeness (QED) is 0.470. The third-order valence-corrected chi connectivity index (χ3v) is 0.463. The summed E-state index contributed by atoms with van der Waals surface area (Å²) in [5.41, 5.74) is 0. The van der Waals surface area contributed by atoms with Gasteiger partial charge in [0.25, 0.3) is 0 Å². The predicted molar refractivity (Wildman–Crippen MR) is 14.7 cm³/mol. The van der Waals surface area contributed by atoms with Crippen molar-refractivity contribution in [3.8, 4) is 0 Å². The maximum Gasteiger partial charge on any atom is 0.491 e. The van der Waals surface area contributed by atoms with Crippen LogP contribution in [-0.2, 0) is 9.09 Å². The fourth-order valence-electron chi connectivity index (χ4n) is 0.0398. The van der Waals surface area contributed by atoms with Crippen LogP contribution in [-0.4, -0.2) is 6.86 Å². The summed E-state index contributed by atoms with van der Waals surface area (Å²) in [5.74, 6) is 0. The van der Waals surface area contributed by atoms with E-state index >= 15 is 0 Å². The van der Waals surface area contributed by atoms with Gasteiger partial charge in [0.1, 0.15) is 0 Å². The highest BCUT2D eigenvalue weighted by Gasteiger charge is 1.94. The fraction of sp³-hybridized carbons (Fsp3) is 1.00. The van der Waals surface area contributed by atoms with Gasteiger partial charge in [-0.05, 0) is 4.57 Å². The Morgan fingerprint density at radius 1 is 2.00 bits per heavy atom. The molecular formula is CH2FO3P. The summed E-state index contributed by atoms with van der Waals surface area (Å²) in [6.45, 7) is -1.27. The van der Waals surface area contributed by atoms with Crippen molar-refractivity contribution < 1.29 is 18.4 Å². The third kappa shape index (κ3) is 3.95. The lowest BCUT2D eigenvalue weighted by Crippen LogP contribution is -1.88. The highest BCUT2D eigenvalue weighted by Crippen LogP contribution is 2.06. The molecule has 0 aliphatic heterocycles. The molecule has 1 unspecified atom stereocenters. The molecule has 0 rings (SSSR count). The summed E-state index contributed by atoms with van der Waals surface area (Å²) in [6, 6.07) is 0. The topological polar surface area (TPSA) is 49.4 Å². The Bertz CT molecular complexity index is 54.8. The standard InChI is InChI=1S/CH2FO3P/c2-1-5-6(3)4/h1H2. The van der Waals surface area contributed by atoms with E-state index in [-0.39, 0.29) is 0 Å². The average molecular weight is 112 g/mol. The minimum Gasteiger partial charge on any atom is -0.566 e. The van der Waals surface area contributed by atoms with Crippen molar-refractivity contribution >= 4 is 8.25 Å². The lowest BCUT2D eigenvalue weighted by molar-refractivity contribution is -0.188. The zero-order chi connectivity index (χ0) is 4.99. The van der Waals surface area contributed by atoms with Crippen LogP contribution in [0.1, 0.15) is 0 Å². The minimum atomic E-state index is -2.98. The molecule has 0 aromatic rings. The third-order valence-electron chi connectivity index (χ3n) is 0.154. The highest BCUT2D eigenvalue weighted by molar-refractivity contribution is 7.30. The summed E-state index contributed by atoms with van der Waals surface area (Å²) in [6.07, 6.45) is 0. The van der Waals surface area contributed by atoms with E-state index in [9.17, 15) is 13.8 Å². The summed E-state index contributed by atoms with van der Waals surface area (Å²) >= 11 is 0. The minimum absolute atomic E-state index is 1.27. The molecule has 36 valence electrons. The van der Waals surface area contributed by atoms with Gasteiger partial charge >= 0.3 is 8.25 Å². The van der Waals surface area contributed by atoms with Gasteiger partial charge in [0.05, 0.1) is 0 Å². The van der Waals surface area contributed by atoms with Gasteiger partial charge in [0.15, 0.2) is 0 Å². The number of halogens is 1. The van der Waals surface area contributed by atoms with Crippen LogP contribution in [0.15, 0.2) is 0 Å². The van der Waals surface area contributed by atoms with Crippen LogP contribution in [0.2, 0.25) is 0 Å². The molecule has 1 atom stereocenters. The Labute approximate surface area is 34.7 Å². The van der Waals surface area contributed by atoms with Crippen LogP contribution in [0, 0.1) is 0 Å². The predicted octanol–water partition coefficient (Wildman–Crippen LogP) is -0.0523. The first-order valence-electron chi connectivity index (χ1n) is 1.10. The molecule has 3 nitrogen and oxygen atoms in total. The molecular weight excluding hydrogens is 110 g/mol. The van der Waals surface area contributed by atoms with E-state index in [2.05, 4.69) is 4.52 Å². The molecule has 0 saturated heterocycles. The van der Waals surface area contributed by atoms with Gasteiger partial charge in [-0.2, -0.15) is 0 Å². The second-order valence-corrected chi connectivity index (χ2v) is 1.17. The van der Waals surface area contributed by atoms with Crippen molar-refractivity contribution in [1.82, 2.24) is 0 Å². The first-order valence-corrected chi connectivity index (χ1v) is 2.20. The molecule has 0 N–H and O–H groups in total. The molecule has 0 spiro atoms. The Hall–Kier alpha value is -0.0500. The van der Waals surface area contributed by atoms with Gasteiger partial charge < -0.3 is 4.89 Å². The molecule has 0 heterocycles. The summed E-state index contributed by atoms with van der Waals surface area (Å²) in [7, 11) is -2.98. The van der Waals surface area contributed by atoms with E-state index in [0.29, 0.717) is 0 Å². The zero-order valence-corrected chi connectivity index (χ0v) is 3.65. The Morgan fingerprint density at radius 3 is 2.50 bits per heavy atom. The van der Waals surface area contributed by atoms with Crippen LogP contribution in [0.25, 0.3) is 0 Å². The Balaban J connectivity index is 2.83. The molecule has 0 aromatic heterocycles. The second-order valence-electron chi connectivity index (χ2n) is 0.462. The summed E-state index contributed by atoms with van der Waals surface area (Å²) in [4.78, 5) is 9.17. The van der Waals surface area contributed by atoms with Gasteiger partial charge in [0, 0.05) is 0 Å². The monoisotopic (exact) mass is 112 g/mol. The molecule has 0 aliphatic rings. The van der Waals surface area contributed by atoms with E-state index in [1.165, 1.54) is 0 Å². The Kier molecular flexibility index (Phi) is 3.13. The van der Waals surface area contributed by atoms with E-state index in [1.54, 1.807) is 0 Å². The van der Waals surface area contributed by atoms with E-state index in [1.807, 2.05) is 0 Å². The van der Waals surface area contributed by atoms with Gasteiger partial charge in [-0.1, -0.05) is 0 Å². The van der Waals surface area contributed by atoms with E-state index in [4.69, 9.17) is 0 Å². The van der Waals surface area contributed by atoms with Crippen molar-refractivity contribution in [1.29, 1.82) is 0 Å². The lowest BCUT2D eigenvalue weighted by Gasteiger charge is -1.75. The van der Waals surface area contributed by atoms with Crippen molar-refractivity contribution in [2.75, 3.05) is 6.86 Å². The molecule has 0 bridgehead atoms. The molecule has 5 heteroatoms. The number of alkyl halides is 1. The largest absolute Gasteiger partial charge is 0.566 e. The molecule has 0 radical (unpaired) electrons. The second kappa shape index (κ2) is 3.15. The number of rotatable bonds is 2. The molecule has 6 heavy (non-hydrogen) atoms. The zero-order valence-electron chi connectivity index (χ0n) is 2.76. The molecule has 0 aliphatic carbocycles. The molecule has 0 fully saturated rings. The van der Waals surface area contributed by atoms with Crippen LogP contribution in [0.4, 0.5) is 4.39 Å². The van der Waals surface area contributed by atoms with Gasteiger partial charge in [0.2, 0.25) is 6.86 Å². The summed E-state index contributed by atoms with van der Waals surface area (Å²) in [5, 5.41) is 0. The van der Waals surface area contributed by atoms with E-state index in [0.717, 1.165) is 0 Å². The van der Waals surface area contributed by atoms with Crippen molar-refractivity contribution in [2.24, 2.45) is 0 Å². The first-order chi connectivity index (χ1) is 2.77. The van der Waals surface area contributed by atoms with Gasteiger partial charge in [-0.25, -0.2) is 4.39 Å². The maximum atomic E-state index is 10.6. The Morgan fingerprint density at radius 2 is 2.50 bits per heavy atom. The SMILES string of the molecule is O=[P+]([O-])OCF. The van der Waals surface area contributed by atoms with Crippen LogP contribution in [0.3, 0.4) is 0 Å². The molecule has 0 aromatic carbocycles. The maximum absolute atomic E-state index is 10.6. The number of hydrogen-bond donors (Lipinski definition) is 0. The van der Waals surface area contributed by atoms with Gasteiger partial charge in [-0.3, -0.25) is 0 Å². The molecule has 0 amide bonds. The van der Waals surface area contributed by atoms with Crippen molar-refractivity contribution in [3.05, 3.63) is 0 Å². The van der Waals surface area contributed by atoms with Crippen LogP contribution in [0.5, 0.6) is 0 Å². The van der Waals surface area contributed by atoms with Crippen molar-refractivity contribution in [2.45, 2.75) is 0 Å². The fourth-order valence-corrected chi connectivity index (χ4v) is 0.120. The van der Waals surface area contributed by atoms with Crippen LogP contribution < -0.4 is 4.89 Å². The number of hydrogen-bond acceptors (Lipinski definition) is 3. The van der Waals surface area contributed by atoms with Gasteiger partial charge in [-0.15, -0.1) is 4.52 Å². The van der Waals surface area contributed by atoms with E-state index < -0.39 is 15.1 Å². The molecule has 0 saturated carbocycles. The van der Waals surface area contributed by atoms with Crippen LogP contribution >= 0.6 is 8.25 Å². The summed E-state index contributed by atoms with van der Waals surface area (Å²) < 4.78 is 23.1. The van der Waals surface area contributed by atoms with Crippen molar-refractivity contribution in [3.63, 3.8) is 0 Å². The normalized spacial score (nSPS) is 11.3. The highest BCUT2D eigenvalue weighted by atomic mass is 31.1.